The molecule has 0 aromatic heterocycles. The van der Waals surface area contributed by atoms with E-state index in [1.807, 2.05) is 12.1 Å². The molecule has 0 spiro atoms. The van der Waals surface area contributed by atoms with Crippen molar-refractivity contribution in [1.82, 2.24) is 4.90 Å². The maximum atomic E-state index is 5.86. The lowest BCUT2D eigenvalue weighted by atomic mass is 10.1. The fourth-order valence-electron chi connectivity index (χ4n) is 2.71. The Morgan fingerprint density at radius 1 is 1.32 bits per heavy atom. The first kappa shape index (κ1) is 16.6. The van der Waals surface area contributed by atoms with Gasteiger partial charge in [-0.05, 0) is 49.9 Å². The molecule has 0 aliphatic carbocycles. The van der Waals surface area contributed by atoms with Crippen LogP contribution in [0.2, 0.25) is 0 Å². The molecule has 1 unspecified atom stereocenters. The Labute approximate surface area is 127 Å². The molecule has 2 rings (SSSR count). The minimum absolute atomic E-state index is 0. The van der Waals surface area contributed by atoms with Crippen LogP contribution in [0.5, 0.6) is 5.75 Å². The molecule has 1 atom stereocenters. The van der Waals surface area contributed by atoms with E-state index in [9.17, 15) is 0 Å². The summed E-state index contributed by atoms with van der Waals surface area (Å²) in [6.45, 7) is 2.38. The van der Waals surface area contributed by atoms with Gasteiger partial charge in [0, 0.05) is 18.5 Å². The van der Waals surface area contributed by atoms with E-state index < -0.39 is 0 Å². The standard InChI is InChI=1S/C15H22ClNO.ClH/c1-18-15-6-4-13(5-7-15)9-12-17-11-2-3-14(17)8-10-16;/h4-7,14H,2-3,8-12H2,1H3;1H. The number of nitrogens with zero attached hydrogens (tertiary/aromatic N) is 1. The number of hydrogen-bond acceptors (Lipinski definition) is 2. The molecule has 0 radical (unpaired) electrons. The van der Waals surface area contributed by atoms with E-state index in [1.54, 1.807) is 7.11 Å². The molecule has 1 aliphatic heterocycles. The van der Waals surface area contributed by atoms with E-state index in [4.69, 9.17) is 16.3 Å². The quantitative estimate of drug-likeness (QED) is 0.742. The average molecular weight is 304 g/mol. The number of ether oxygens (including phenoxy) is 1. The molecule has 1 aliphatic rings. The second kappa shape index (κ2) is 8.68. The maximum Gasteiger partial charge on any atom is 0.118 e. The number of hydrogen-bond donors (Lipinski definition) is 0. The van der Waals surface area contributed by atoms with Gasteiger partial charge in [-0.1, -0.05) is 12.1 Å². The molecule has 1 saturated heterocycles. The van der Waals surface area contributed by atoms with Crippen LogP contribution < -0.4 is 4.74 Å². The van der Waals surface area contributed by atoms with Crippen molar-refractivity contribution in [3.8, 4) is 5.75 Å². The van der Waals surface area contributed by atoms with Gasteiger partial charge in [0.05, 0.1) is 7.11 Å². The summed E-state index contributed by atoms with van der Waals surface area (Å²) >= 11 is 5.86. The van der Waals surface area contributed by atoms with Gasteiger partial charge < -0.3 is 9.64 Å². The van der Waals surface area contributed by atoms with Crippen molar-refractivity contribution < 1.29 is 4.74 Å². The lowest BCUT2D eigenvalue weighted by Gasteiger charge is -2.23. The zero-order valence-corrected chi connectivity index (χ0v) is 13.1. The van der Waals surface area contributed by atoms with E-state index in [0.29, 0.717) is 6.04 Å². The van der Waals surface area contributed by atoms with E-state index in [2.05, 4.69) is 17.0 Å². The van der Waals surface area contributed by atoms with Crippen LogP contribution in [0.4, 0.5) is 0 Å². The largest absolute Gasteiger partial charge is 0.497 e. The zero-order chi connectivity index (χ0) is 12.8. The van der Waals surface area contributed by atoms with Gasteiger partial charge >= 0.3 is 0 Å². The monoisotopic (exact) mass is 303 g/mol. The molecular weight excluding hydrogens is 281 g/mol. The smallest absolute Gasteiger partial charge is 0.118 e. The Hall–Kier alpha value is -0.440. The lowest BCUT2D eigenvalue weighted by molar-refractivity contribution is 0.252. The van der Waals surface area contributed by atoms with Gasteiger partial charge in [0.1, 0.15) is 5.75 Å². The van der Waals surface area contributed by atoms with Crippen LogP contribution in [-0.4, -0.2) is 37.0 Å². The number of halogens is 2. The van der Waals surface area contributed by atoms with Crippen molar-refractivity contribution in [3.05, 3.63) is 29.8 Å². The number of benzene rings is 1. The van der Waals surface area contributed by atoms with Gasteiger partial charge in [-0.15, -0.1) is 24.0 Å². The average Bonchev–Trinajstić information content (AvgIpc) is 2.85. The third-order valence-electron chi connectivity index (χ3n) is 3.79. The Balaban J connectivity index is 0.00000180. The maximum absolute atomic E-state index is 5.86. The molecule has 1 heterocycles. The van der Waals surface area contributed by atoms with Gasteiger partial charge in [0.2, 0.25) is 0 Å². The van der Waals surface area contributed by atoms with Crippen LogP contribution in [0, 0.1) is 0 Å². The van der Waals surface area contributed by atoms with Crippen molar-refractivity contribution in [2.75, 3.05) is 26.1 Å². The molecule has 2 nitrogen and oxygen atoms in total. The van der Waals surface area contributed by atoms with Crippen molar-refractivity contribution in [3.63, 3.8) is 0 Å². The first-order chi connectivity index (χ1) is 8.83. The van der Waals surface area contributed by atoms with Gasteiger partial charge in [0.15, 0.2) is 0 Å². The molecular formula is C15H23Cl2NO. The molecule has 0 bridgehead atoms. The second-order valence-electron chi connectivity index (χ2n) is 4.91. The number of alkyl halides is 1. The SMILES string of the molecule is COc1ccc(CCN2CCCC2CCCl)cc1.Cl. The predicted molar refractivity (Wildman–Crippen MR) is 83.9 cm³/mol. The van der Waals surface area contributed by atoms with Crippen LogP contribution in [0.15, 0.2) is 24.3 Å². The zero-order valence-electron chi connectivity index (χ0n) is 11.5. The van der Waals surface area contributed by atoms with E-state index >= 15 is 0 Å². The van der Waals surface area contributed by atoms with E-state index in [1.165, 1.54) is 24.9 Å². The minimum Gasteiger partial charge on any atom is -0.497 e. The first-order valence-corrected chi connectivity index (χ1v) is 7.30. The number of likely N-dealkylation sites (tertiary alicyclic amines) is 1. The molecule has 0 saturated carbocycles. The van der Waals surface area contributed by atoms with Gasteiger partial charge in [-0.3, -0.25) is 0 Å². The summed E-state index contributed by atoms with van der Waals surface area (Å²) in [6.07, 6.45) is 4.88. The highest BCUT2D eigenvalue weighted by atomic mass is 35.5. The molecule has 1 fully saturated rings. The lowest BCUT2D eigenvalue weighted by Crippen LogP contribution is -2.31. The third kappa shape index (κ3) is 4.87. The Morgan fingerprint density at radius 3 is 2.68 bits per heavy atom. The summed E-state index contributed by atoms with van der Waals surface area (Å²) in [5.41, 5.74) is 1.38. The van der Waals surface area contributed by atoms with Crippen molar-refractivity contribution in [1.29, 1.82) is 0 Å². The summed E-state index contributed by atoms with van der Waals surface area (Å²) in [4.78, 5) is 2.59. The summed E-state index contributed by atoms with van der Waals surface area (Å²) < 4.78 is 5.17. The van der Waals surface area contributed by atoms with Crippen LogP contribution >= 0.6 is 24.0 Å². The molecule has 108 valence electrons. The molecule has 19 heavy (non-hydrogen) atoms. The van der Waals surface area contributed by atoms with Crippen molar-refractivity contribution in [2.24, 2.45) is 0 Å². The van der Waals surface area contributed by atoms with Gasteiger partial charge in [-0.2, -0.15) is 0 Å². The topological polar surface area (TPSA) is 12.5 Å². The highest BCUT2D eigenvalue weighted by Crippen LogP contribution is 2.21. The normalized spacial score (nSPS) is 19.2. The molecule has 1 aromatic carbocycles. The first-order valence-electron chi connectivity index (χ1n) is 6.76. The molecule has 1 aromatic rings. The van der Waals surface area contributed by atoms with Crippen LogP contribution in [0.25, 0.3) is 0 Å². The third-order valence-corrected chi connectivity index (χ3v) is 4.01. The van der Waals surface area contributed by atoms with Crippen LogP contribution in [0.3, 0.4) is 0 Å². The number of methoxy groups -OCH3 is 1. The summed E-state index contributed by atoms with van der Waals surface area (Å²) in [6, 6.07) is 9.10. The minimum atomic E-state index is 0. The predicted octanol–water partition coefficient (Wildman–Crippen LogP) is 3.75. The van der Waals surface area contributed by atoms with Gasteiger partial charge in [0.25, 0.3) is 0 Å². The number of rotatable bonds is 6. The van der Waals surface area contributed by atoms with Gasteiger partial charge in [-0.25, -0.2) is 0 Å². The van der Waals surface area contributed by atoms with Crippen LogP contribution in [-0.2, 0) is 6.42 Å². The van der Waals surface area contributed by atoms with E-state index in [-0.39, 0.29) is 12.4 Å². The summed E-state index contributed by atoms with van der Waals surface area (Å²) in [5.74, 6) is 1.71. The van der Waals surface area contributed by atoms with Crippen molar-refractivity contribution in [2.45, 2.75) is 31.7 Å². The highest BCUT2D eigenvalue weighted by Gasteiger charge is 2.23. The second-order valence-corrected chi connectivity index (χ2v) is 5.29. The fourth-order valence-corrected chi connectivity index (χ4v) is 2.96. The highest BCUT2D eigenvalue weighted by molar-refractivity contribution is 6.17. The Kier molecular flexibility index (Phi) is 7.59. The molecule has 0 amide bonds. The summed E-state index contributed by atoms with van der Waals surface area (Å²) in [7, 11) is 1.70. The Bertz CT molecular complexity index is 356. The van der Waals surface area contributed by atoms with Crippen molar-refractivity contribution >= 4 is 24.0 Å². The molecule has 4 heteroatoms. The van der Waals surface area contributed by atoms with Crippen LogP contribution in [0.1, 0.15) is 24.8 Å². The van der Waals surface area contributed by atoms with E-state index in [0.717, 1.165) is 31.0 Å². The summed E-state index contributed by atoms with van der Waals surface area (Å²) in [5, 5.41) is 0. The fraction of sp³-hybridized carbons (Fsp3) is 0.600. The Morgan fingerprint density at radius 2 is 2.05 bits per heavy atom. The molecule has 0 N–H and O–H groups in total.